The Balaban J connectivity index is 0.000000281. The lowest BCUT2D eigenvalue weighted by Gasteiger charge is -2.25. The third-order valence-electron chi connectivity index (χ3n) is 13.2. The van der Waals surface area contributed by atoms with Crippen LogP contribution in [0.5, 0.6) is 5.75 Å². The summed E-state index contributed by atoms with van der Waals surface area (Å²) in [5, 5.41) is 26.6. The van der Waals surface area contributed by atoms with Gasteiger partial charge in [0.25, 0.3) is 0 Å². The average molecular weight is 1070 g/mol. The first kappa shape index (κ1) is 58.3. The Morgan fingerprint density at radius 2 is 1.06 bits per heavy atom. The molecule has 0 fully saturated rings. The fourth-order valence-corrected chi connectivity index (χ4v) is 9.27. The van der Waals surface area contributed by atoms with Crippen molar-refractivity contribution in [2.45, 2.75) is 75.9 Å². The van der Waals surface area contributed by atoms with Crippen molar-refractivity contribution in [3.8, 4) is 28.0 Å². The van der Waals surface area contributed by atoms with Crippen LogP contribution in [0, 0.1) is 6.92 Å². The molecule has 0 radical (unpaired) electrons. The minimum absolute atomic E-state index is 0.0426. The molecule has 0 saturated carbocycles. The number of hydrogen-bond acceptors (Lipinski definition) is 12. The maximum absolute atomic E-state index is 13.5. The number of nitrogens with zero attached hydrogens (tertiary/aromatic N) is 1. The Kier molecular flexibility index (Phi) is 22.0. The Bertz CT molecular complexity index is 2850. The number of ether oxygens (including phenoxy) is 5. The number of unbranched alkanes of at least 4 members (excludes halogenated alkanes) is 1. The van der Waals surface area contributed by atoms with E-state index in [9.17, 15) is 43.8 Å². The molecule has 18 nitrogen and oxygen atoms in total. The lowest BCUT2D eigenvalue weighted by atomic mass is 9.98. The predicted octanol–water partition coefficient (Wildman–Crippen LogP) is 9.28. The number of alkyl carbamates (subject to hydrolysis) is 3. The smallest absolute Gasteiger partial charge is 0.407 e. The van der Waals surface area contributed by atoms with E-state index in [2.05, 4.69) is 29.1 Å². The summed E-state index contributed by atoms with van der Waals surface area (Å²) in [5.74, 6) is -2.92. The zero-order valence-corrected chi connectivity index (χ0v) is 43.8. The molecule has 2 atom stereocenters. The lowest BCUT2D eigenvalue weighted by molar-refractivity contribution is -0.144. The minimum Gasteiger partial charge on any atom is -0.497 e. The molecule has 18 heteroatoms. The second kappa shape index (κ2) is 29.4. The van der Waals surface area contributed by atoms with E-state index in [0.29, 0.717) is 38.2 Å². The first-order chi connectivity index (χ1) is 37.7. The van der Waals surface area contributed by atoms with Crippen LogP contribution in [0.4, 0.5) is 14.4 Å². The number of aliphatic carboxylic acids is 2. The van der Waals surface area contributed by atoms with Gasteiger partial charge < -0.3 is 54.7 Å². The number of esters is 1. The molecule has 2 aliphatic rings. The summed E-state index contributed by atoms with van der Waals surface area (Å²) in [7, 11) is 1.58. The fraction of sp³-hybridized carbons (Fsp3) is 0.317. The summed E-state index contributed by atoms with van der Waals surface area (Å²) >= 11 is 0. The van der Waals surface area contributed by atoms with Gasteiger partial charge in [-0.15, -0.1) is 0 Å². The molecule has 4 amide bonds. The van der Waals surface area contributed by atoms with E-state index in [0.717, 1.165) is 55.6 Å². The van der Waals surface area contributed by atoms with Crippen LogP contribution < -0.4 is 20.7 Å². The number of nitrogens with one attached hydrogen (secondary N) is 3. The maximum Gasteiger partial charge on any atom is 0.407 e. The van der Waals surface area contributed by atoms with Gasteiger partial charge in [-0.05, 0) is 100 Å². The highest BCUT2D eigenvalue weighted by atomic mass is 16.6. The van der Waals surface area contributed by atoms with Crippen molar-refractivity contribution in [2.75, 3.05) is 46.6 Å². The Labute approximate surface area is 453 Å². The Morgan fingerprint density at radius 3 is 1.51 bits per heavy atom. The number of aryl methyl sites for hydroxylation is 1. The third kappa shape index (κ3) is 16.3. The standard InChI is InChI=1S/C37H43N3O8.C23H23NO6/c1-4-21-47-36(44)38-19-9-10-20-40(23-26-15-16-27(46-3)22-25(26)2)34(41)18-17-33(35(42)43)39-37(45)48-24-32-30-13-7-5-11-28(30)29-12-6-8-14-31(29)32;1-2-13-29-21(25)12-11-20(22(26)27)24-23(28)30-14-19-17-9-5-3-7-15(17)16-8-4-6-10-18(16)19/h4-8,11-16,22,32-33H,1,9-10,17-21,23-24H2,2-3H3,(H,38,44)(H,39,45)(H,42,43);2-10,19-20H,1,11-14H2,(H,24,28)(H,26,27)/t33-;20-/m00/s1. The number of rotatable bonds is 26. The van der Waals surface area contributed by atoms with Crippen LogP contribution in [0.1, 0.15) is 83.7 Å². The van der Waals surface area contributed by atoms with Gasteiger partial charge in [-0.1, -0.05) is 128 Å². The molecule has 7 rings (SSSR count). The first-order valence-corrected chi connectivity index (χ1v) is 25.6. The van der Waals surface area contributed by atoms with Crippen molar-refractivity contribution < 1.29 is 67.5 Å². The highest BCUT2D eigenvalue weighted by Gasteiger charge is 2.32. The highest BCUT2D eigenvalue weighted by Crippen LogP contribution is 2.45. The van der Waals surface area contributed by atoms with Crippen molar-refractivity contribution >= 4 is 42.1 Å². The van der Waals surface area contributed by atoms with Gasteiger partial charge in [-0.25, -0.2) is 24.0 Å². The molecular weight excluding hydrogens is 1000 g/mol. The first-order valence-electron chi connectivity index (χ1n) is 25.6. The molecule has 5 aromatic carbocycles. The summed E-state index contributed by atoms with van der Waals surface area (Å²) in [6, 6.07) is 34.7. The summed E-state index contributed by atoms with van der Waals surface area (Å²) < 4.78 is 25.9. The summed E-state index contributed by atoms with van der Waals surface area (Å²) in [5.41, 5.74) is 10.4. The van der Waals surface area contributed by atoms with Gasteiger partial charge in [0.2, 0.25) is 5.91 Å². The van der Waals surface area contributed by atoms with Gasteiger partial charge in [-0.2, -0.15) is 0 Å². The van der Waals surface area contributed by atoms with Crippen LogP contribution in [0.2, 0.25) is 0 Å². The van der Waals surface area contributed by atoms with E-state index in [-0.39, 0.29) is 69.9 Å². The molecule has 0 bridgehead atoms. The number of methoxy groups -OCH3 is 1. The Morgan fingerprint density at radius 1 is 0.603 bits per heavy atom. The number of carboxylic acids is 2. The number of fused-ring (bicyclic) bond motifs is 6. The zero-order chi connectivity index (χ0) is 56.0. The normalized spacial score (nSPS) is 12.5. The topological polar surface area (TPSA) is 245 Å². The summed E-state index contributed by atoms with van der Waals surface area (Å²) in [6.45, 7) is 10.2. The van der Waals surface area contributed by atoms with E-state index < -0.39 is 48.3 Å². The molecule has 0 saturated heterocycles. The van der Waals surface area contributed by atoms with Crippen molar-refractivity contribution in [3.63, 3.8) is 0 Å². The van der Waals surface area contributed by atoms with Crippen LogP contribution in [-0.2, 0) is 44.7 Å². The van der Waals surface area contributed by atoms with Gasteiger partial charge in [-0.3, -0.25) is 9.59 Å². The minimum atomic E-state index is -1.32. The number of carbonyl (C=O) groups is 7. The summed E-state index contributed by atoms with van der Waals surface area (Å²) in [4.78, 5) is 86.9. The van der Waals surface area contributed by atoms with Crippen LogP contribution in [0.3, 0.4) is 0 Å². The monoisotopic (exact) mass is 1070 g/mol. The number of amides is 4. The van der Waals surface area contributed by atoms with Crippen LogP contribution in [0.15, 0.2) is 141 Å². The average Bonchev–Trinajstić information content (AvgIpc) is 3.96. The number of benzene rings is 5. The zero-order valence-electron chi connectivity index (χ0n) is 43.8. The van der Waals surface area contributed by atoms with E-state index in [1.807, 2.05) is 122 Å². The number of carbonyl (C=O) groups excluding carboxylic acids is 5. The Hall–Kier alpha value is -8.93. The summed E-state index contributed by atoms with van der Waals surface area (Å²) in [6.07, 6.45) is 1.36. The van der Waals surface area contributed by atoms with E-state index in [4.69, 9.17) is 23.7 Å². The SMILES string of the molecule is C=CCOC(=O)CC[C@H](NC(=O)OCC1c2ccccc2-c2ccccc21)C(=O)O.C=CCOC(=O)NCCCCN(Cc1ccc(OC)cc1C)C(=O)CC[C@H](NC(=O)OCC1c2ccccc2-c2ccccc21)C(=O)O. The molecule has 0 aliphatic heterocycles. The van der Waals surface area contributed by atoms with Crippen molar-refractivity contribution in [1.29, 1.82) is 0 Å². The highest BCUT2D eigenvalue weighted by molar-refractivity contribution is 5.84. The van der Waals surface area contributed by atoms with Crippen LogP contribution in [0.25, 0.3) is 22.3 Å². The maximum atomic E-state index is 13.5. The molecular formula is C60H66N4O14. The van der Waals surface area contributed by atoms with Crippen LogP contribution in [-0.4, -0.2) is 116 Å². The van der Waals surface area contributed by atoms with E-state index in [1.165, 1.54) is 12.2 Å². The lowest BCUT2D eigenvalue weighted by Crippen LogP contribution is -2.42. The van der Waals surface area contributed by atoms with Gasteiger partial charge in [0.15, 0.2) is 0 Å². The predicted molar refractivity (Wildman–Crippen MR) is 291 cm³/mol. The fourth-order valence-electron chi connectivity index (χ4n) is 9.27. The molecule has 2 aliphatic carbocycles. The van der Waals surface area contributed by atoms with E-state index in [1.54, 1.807) is 12.0 Å². The van der Waals surface area contributed by atoms with Crippen molar-refractivity contribution in [2.24, 2.45) is 0 Å². The molecule has 0 unspecified atom stereocenters. The molecule has 410 valence electrons. The van der Waals surface area contributed by atoms with Gasteiger partial charge >= 0.3 is 36.2 Å². The molecule has 0 aromatic heterocycles. The molecule has 0 spiro atoms. The van der Waals surface area contributed by atoms with Crippen LogP contribution >= 0.6 is 0 Å². The van der Waals surface area contributed by atoms with Crippen molar-refractivity contribution in [3.05, 3.63) is 174 Å². The second-order valence-electron chi connectivity index (χ2n) is 18.4. The van der Waals surface area contributed by atoms with Gasteiger partial charge in [0.1, 0.15) is 44.3 Å². The van der Waals surface area contributed by atoms with Gasteiger partial charge in [0, 0.05) is 44.3 Å². The molecule has 5 N–H and O–H groups in total. The largest absolute Gasteiger partial charge is 0.497 e. The molecule has 5 aromatic rings. The molecule has 78 heavy (non-hydrogen) atoms. The number of hydrogen-bond donors (Lipinski definition) is 5. The second-order valence-corrected chi connectivity index (χ2v) is 18.4. The van der Waals surface area contributed by atoms with Crippen molar-refractivity contribution in [1.82, 2.24) is 20.9 Å². The quantitative estimate of drug-likeness (QED) is 0.0150. The third-order valence-corrected chi connectivity index (χ3v) is 13.2. The number of carboxylic acid groups (broad SMARTS) is 2. The van der Waals surface area contributed by atoms with E-state index >= 15 is 0 Å². The molecule has 0 heterocycles. The van der Waals surface area contributed by atoms with Gasteiger partial charge in [0.05, 0.1) is 7.11 Å².